The number of anilines is 1. The normalized spacial score (nSPS) is 31.6. The molecule has 6 rings (SSSR count). The largest absolute Gasteiger partial charge is 0.449 e. The number of carbonyl (C=O) groups is 5. The number of carbonyl (C=O) groups excluding carboxylic acids is 5. The van der Waals surface area contributed by atoms with Gasteiger partial charge in [0.15, 0.2) is 42.5 Å². The molecule has 24 N–H and O–H groups in total. The van der Waals surface area contributed by atoms with E-state index in [0.717, 1.165) is 38.5 Å². The van der Waals surface area contributed by atoms with E-state index in [1.165, 1.54) is 17.8 Å². The van der Waals surface area contributed by atoms with Crippen LogP contribution in [0, 0.1) is 0 Å². The number of thioether (sulfide) groups is 1. The SMILES string of the molecule is C=C(C)C(=O)CCCCOC1OC(CO)C(O)C(O)C1O.C=CC(=O)CCCCOC1OC(CO)C(O)C(O)C1O.NCCCCCCC(=O)CCCCSC1OC(CO)C(O)C(O)C1O.Nc1ccc(C(=O)CCCCOC2OC(CO)C(O)C(O)C2O)cc1.O=C(CCCCOC1OC(CO)C(O)C(O)C1O)C(F)(F)F. The number of ketones is 5. The molecular formula is C73H123F3N2O34S. The van der Waals surface area contributed by atoms with Gasteiger partial charge in [0.25, 0.3) is 0 Å². The number of alkyl halides is 3. The molecule has 5 fully saturated rings. The molecule has 0 aliphatic carbocycles. The number of allylic oxidation sites excluding steroid dienone is 2. The number of aliphatic hydroxyl groups excluding tert-OH is 20. The van der Waals surface area contributed by atoms with Crippen LogP contribution in [0.4, 0.5) is 18.9 Å². The van der Waals surface area contributed by atoms with E-state index >= 15 is 0 Å². The summed E-state index contributed by atoms with van der Waals surface area (Å²) >= 11 is 1.33. The van der Waals surface area contributed by atoms with E-state index in [4.69, 9.17) is 79.6 Å². The van der Waals surface area contributed by atoms with Crippen LogP contribution in [0.5, 0.6) is 0 Å². The summed E-state index contributed by atoms with van der Waals surface area (Å²) in [5, 5.41) is 190. The maximum absolute atomic E-state index is 12.0. The lowest BCUT2D eigenvalue weighted by Gasteiger charge is -2.39. The number of halogens is 3. The molecule has 5 heterocycles. The van der Waals surface area contributed by atoms with Gasteiger partial charge in [-0.3, -0.25) is 24.0 Å². The highest BCUT2D eigenvalue weighted by Crippen LogP contribution is 2.31. The van der Waals surface area contributed by atoms with E-state index in [1.807, 2.05) is 0 Å². The van der Waals surface area contributed by atoms with Crippen molar-refractivity contribution >= 4 is 46.4 Å². The molecule has 656 valence electrons. The molecule has 0 bridgehead atoms. The van der Waals surface area contributed by atoms with Crippen LogP contribution >= 0.6 is 11.8 Å². The standard InChI is InChI=1S/C17H25NO7.C17H33NO6S.C14H24O7.C13H22O7.C12H19F3O7/c18-11-6-4-10(5-7-11)12(20)3-1-2-8-24-17-16(23)15(22)14(21)13(9-19)25-17;18-9-5-2-1-3-7-12(20)8-4-6-10-25-17-16(23)15(22)14(21)13(11-19)24-17;1-8(2)9(16)5-3-4-6-20-14-13(19)12(18)11(17)10(7-15)21-14;1-2-8(15)5-3-4-6-19-13-12(18)11(17)10(16)9(7-14)20-13;13-12(14,15)7(17)3-1-2-4-21-11-10(20)9(19)8(18)6(5-16)22-11/h4-7,13-17,19,21-23H,1-3,8-9,18H2;13-17,19,21-23H,1-11,18H2;10-15,17-19H,1,3-7H2,2H3;2,9-14,16-18H,1,3-7H2;6,8-11,16,18-20H,1-5H2. The van der Waals surface area contributed by atoms with Gasteiger partial charge in [-0.15, -0.1) is 11.8 Å². The number of nitrogens with two attached hydrogens (primary N) is 2. The molecule has 0 amide bonds. The van der Waals surface area contributed by atoms with Gasteiger partial charge < -0.3 is 156 Å². The monoisotopic (exact) mass is 1660 g/mol. The fraction of sp³-hybridized carbons (Fsp3) is 0.795. The topological polar surface area (TPSA) is 625 Å². The molecule has 0 saturated carbocycles. The van der Waals surface area contributed by atoms with Gasteiger partial charge in [0.1, 0.15) is 133 Å². The van der Waals surface area contributed by atoms with Crippen molar-refractivity contribution < 1.29 is 182 Å². The maximum atomic E-state index is 12.0. The molecule has 5 aliphatic heterocycles. The third kappa shape index (κ3) is 37.7. The van der Waals surface area contributed by atoms with Crippen molar-refractivity contribution in [2.45, 2.75) is 294 Å². The van der Waals surface area contributed by atoms with Crippen molar-refractivity contribution in [2.24, 2.45) is 5.73 Å². The van der Waals surface area contributed by atoms with Crippen molar-refractivity contribution in [3.63, 3.8) is 0 Å². The number of benzene rings is 1. The number of aliphatic hydroxyl groups is 20. The molecule has 25 unspecified atom stereocenters. The van der Waals surface area contributed by atoms with Crippen LogP contribution in [0.2, 0.25) is 0 Å². The van der Waals surface area contributed by atoms with Gasteiger partial charge in [0.2, 0.25) is 5.78 Å². The summed E-state index contributed by atoms with van der Waals surface area (Å²) < 4.78 is 82.9. The number of nitrogen functional groups attached to an aromatic ring is 1. The predicted octanol–water partition coefficient (Wildman–Crippen LogP) is -3.44. The highest BCUT2D eigenvalue weighted by molar-refractivity contribution is 7.99. The number of ether oxygens (including phenoxy) is 9. The number of hydrogen-bond acceptors (Lipinski definition) is 37. The first-order valence-corrected chi connectivity index (χ1v) is 38.7. The van der Waals surface area contributed by atoms with Crippen LogP contribution in [0.25, 0.3) is 0 Å². The van der Waals surface area contributed by atoms with Gasteiger partial charge in [0, 0.05) is 76.2 Å². The average molecular weight is 1660 g/mol. The number of Topliss-reactive ketones (excluding diaryl/α,β-unsaturated/α-hetero) is 4. The van der Waals surface area contributed by atoms with Crippen LogP contribution in [-0.2, 0) is 61.8 Å². The fourth-order valence-corrected chi connectivity index (χ4v) is 12.4. The summed E-state index contributed by atoms with van der Waals surface area (Å²) in [6.07, 6.45) is -23.5. The van der Waals surface area contributed by atoms with Crippen LogP contribution in [0.3, 0.4) is 0 Å². The third-order valence-electron chi connectivity index (χ3n) is 18.4. The van der Waals surface area contributed by atoms with Crippen LogP contribution in [0.15, 0.2) is 49.1 Å². The molecule has 5 aliphatic rings. The van der Waals surface area contributed by atoms with Crippen molar-refractivity contribution in [3.05, 3.63) is 54.6 Å². The zero-order chi connectivity index (χ0) is 85.1. The lowest BCUT2D eigenvalue weighted by atomic mass is 9.99. The van der Waals surface area contributed by atoms with Crippen molar-refractivity contribution in [2.75, 3.05) is 77.5 Å². The van der Waals surface area contributed by atoms with Gasteiger partial charge in [0.05, 0.1) is 33.0 Å². The minimum atomic E-state index is -4.85. The summed E-state index contributed by atoms with van der Waals surface area (Å²) in [7, 11) is 0. The summed E-state index contributed by atoms with van der Waals surface area (Å²) in [6, 6.07) is 6.72. The molecule has 1 aromatic rings. The zero-order valence-electron chi connectivity index (χ0n) is 63.5. The number of unbranched alkanes of at least 4 members (excludes halogenated alkanes) is 8. The Balaban J connectivity index is 0.000000481. The van der Waals surface area contributed by atoms with Crippen LogP contribution in [-0.4, -0.2) is 362 Å². The first-order valence-electron chi connectivity index (χ1n) is 37.7. The second-order valence-corrected chi connectivity index (χ2v) is 28.7. The number of hydrogen-bond donors (Lipinski definition) is 22. The van der Waals surface area contributed by atoms with E-state index in [2.05, 4.69) is 13.2 Å². The van der Waals surface area contributed by atoms with Gasteiger partial charge in [-0.1, -0.05) is 26.0 Å². The minimum absolute atomic E-state index is 0.00263. The van der Waals surface area contributed by atoms with Crippen LogP contribution in [0.1, 0.15) is 146 Å². The molecule has 0 aromatic heterocycles. The second kappa shape index (κ2) is 57.0. The Hall–Kier alpha value is -4.21. The highest BCUT2D eigenvalue weighted by atomic mass is 32.2. The Morgan fingerprint density at radius 2 is 0.761 bits per heavy atom. The van der Waals surface area contributed by atoms with E-state index in [9.17, 15) is 114 Å². The van der Waals surface area contributed by atoms with Crippen molar-refractivity contribution in [1.29, 1.82) is 0 Å². The second-order valence-electron chi connectivity index (χ2n) is 27.5. The van der Waals surface area contributed by atoms with Crippen molar-refractivity contribution in [3.8, 4) is 0 Å². The Morgan fingerprint density at radius 1 is 0.434 bits per heavy atom. The molecular weight excluding hydrogens is 1540 g/mol. The molecule has 5 saturated heterocycles. The third-order valence-corrected chi connectivity index (χ3v) is 19.6. The first-order chi connectivity index (χ1) is 53.5. The quantitative estimate of drug-likeness (QED) is 0.0131. The fourth-order valence-electron chi connectivity index (χ4n) is 11.2. The van der Waals surface area contributed by atoms with Crippen molar-refractivity contribution in [1.82, 2.24) is 0 Å². The van der Waals surface area contributed by atoms with Gasteiger partial charge in [-0.2, -0.15) is 13.2 Å². The predicted molar refractivity (Wildman–Crippen MR) is 393 cm³/mol. The lowest BCUT2D eigenvalue weighted by Crippen LogP contribution is -2.59. The van der Waals surface area contributed by atoms with E-state index in [-0.39, 0.29) is 62.4 Å². The smallest absolute Gasteiger partial charge is 0.399 e. The summed E-state index contributed by atoms with van der Waals surface area (Å²) in [6.45, 7) is 7.35. The average Bonchev–Trinajstić information content (AvgIpc) is 0.843. The Kier molecular flexibility index (Phi) is 52.9. The molecule has 1 aromatic carbocycles. The lowest BCUT2D eigenvalue weighted by molar-refractivity contribution is -0.301. The van der Waals surface area contributed by atoms with Gasteiger partial charge in [-0.25, -0.2) is 0 Å². The zero-order valence-corrected chi connectivity index (χ0v) is 64.3. The highest BCUT2D eigenvalue weighted by Gasteiger charge is 2.48. The first kappa shape index (κ1) is 105. The number of rotatable bonds is 44. The van der Waals surface area contributed by atoms with E-state index in [0.29, 0.717) is 99.8 Å². The summed E-state index contributed by atoms with van der Waals surface area (Å²) in [4.78, 5) is 56.7. The Morgan fingerprint density at radius 3 is 1.12 bits per heavy atom. The van der Waals surface area contributed by atoms with E-state index < -0.39 is 204 Å². The molecule has 0 spiro atoms. The molecule has 40 heteroatoms. The maximum Gasteiger partial charge on any atom is 0.449 e. The van der Waals surface area contributed by atoms with E-state index in [1.54, 1.807) is 31.2 Å². The molecule has 0 radical (unpaired) electrons. The molecule has 36 nitrogen and oxygen atoms in total. The van der Waals surface area contributed by atoms with Gasteiger partial charge in [-0.05, 0) is 132 Å². The Bertz CT molecular complexity index is 2810. The summed E-state index contributed by atoms with van der Waals surface area (Å²) in [5.41, 5.74) is 12.0. The molecule has 113 heavy (non-hydrogen) atoms. The Labute approximate surface area is 658 Å². The van der Waals surface area contributed by atoms with Gasteiger partial charge >= 0.3 is 6.18 Å². The molecule has 25 atom stereocenters. The minimum Gasteiger partial charge on any atom is -0.399 e. The van der Waals surface area contributed by atoms with Crippen LogP contribution < -0.4 is 11.5 Å². The summed E-state index contributed by atoms with van der Waals surface area (Å²) in [5.74, 6) is -0.897.